The van der Waals surface area contributed by atoms with Gasteiger partial charge in [0.25, 0.3) is 0 Å². The molecule has 0 aromatic heterocycles. The van der Waals surface area contributed by atoms with Crippen molar-refractivity contribution in [3.05, 3.63) is 39.4 Å². The van der Waals surface area contributed by atoms with Crippen molar-refractivity contribution >= 4 is 35.6 Å². The van der Waals surface area contributed by atoms with Gasteiger partial charge < -0.3 is 5.11 Å². The maximum absolute atomic E-state index is 10.6. The molecule has 0 bridgehead atoms. The summed E-state index contributed by atoms with van der Waals surface area (Å²) in [5.41, 5.74) is 0.931. The van der Waals surface area contributed by atoms with E-state index in [1.165, 1.54) is 6.08 Å². The molecule has 14 heavy (non-hydrogen) atoms. The average molecular weight is 231 g/mol. The highest BCUT2D eigenvalue weighted by Gasteiger charge is 2.06. The van der Waals surface area contributed by atoms with Crippen LogP contribution in [0.3, 0.4) is 0 Å². The molecule has 1 aromatic rings. The van der Waals surface area contributed by atoms with Gasteiger partial charge in [0.05, 0.1) is 11.6 Å². The van der Waals surface area contributed by atoms with Crippen LogP contribution in [-0.4, -0.2) is 18.0 Å². The van der Waals surface area contributed by atoms with E-state index >= 15 is 0 Å². The third-order valence-electron chi connectivity index (χ3n) is 1.67. The smallest absolute Gasteiger partial charge is 0.151 e. The maximum atomic E-state index is 10.6. The minimum atomic E-state index is -0.0992. The Balaban J connectivity index is 3.25. The molecule has 1 rings (SSSR count). The number of carbonyl (C=O) groups excluding carboxylic acids is 1. The minimum Gasteiger partial charge on any atom is -0.392 e. The monoisotopic (exact) mass is 230 g/mol. The quantitative estimate of drug-likeness (QED) is 0.812. The molecule has 0 amide bonds. The summed E-state index contributed by atoms with van der Waals surface area (Å²) in [4.78, 5) is 10.6. The lowest BCUT2D eigenvalue weighted by atomic mass is 10.1. The molecule has 74 valence electrons. The van der Waals surface area contributed by atoms with Crippen molar-refractivity contribution in [3.8, 4) is 0 Å². The molecule has 4 heteroatoms. The molecule has 0 spiro atoms. The van der Waals surface area contributed by atoms with E-state index in [1.54, 1.807) is 18.2 Å². The third kappa shape index (κ3) is 2.35. The number of hydrogen-bond acceptors (Lipinski definition) is 2. The zero-order chi connectivity index (χ0) is 10.6. The fourth-order valence-corrected chi connectivity index (χ4v) is 1.54. The van der Waals surface area contributed by atoms with Crippen molar-refractivity contribution < 1.29 is 9.90 Å². The highest BCUT2D eigenvalue weighted by Crippen LogP contribution is 2.28. The molecule has 0 fully saturated rings. The summed E-state index contributed by atoms with van der Waals surface area (Å²) in [6.45, 7) is -0.0992. The van der Waals surface area contributed by atoms with Crippen LogP contribution in [0.2, 0.25) is 10.0 Å². The zero-order valence-corrected chi connectivity index (χ0v) is 8.72. The van der Waals surface area contributed by atoms with Crippen LogP contribution < -0.4 is 0 Å². The Hall–Kier alpha value is -0.830. The van der Waals surface area contributed by atoms with E-state index < -0.39 is 0 Å². The lowest BCUT2D eigenvalue weighted by molar-refractivity contribution is 0.112. The number of hydrogen-bond donors (Lipinski definition) is 1. The number of halogens is 2. The fraction of sp³-hybridized carbons (Fsp3) is 0.100. The van der Waals surface area contributed by atoms with Gasteiger partial charge in [0.15, 0.2) is 6.29 Å². The Morgan fingerprint density at radius 3 is 2.64 bits per heavy atom. The standard InChI is InChI=1S/C10H8Cl2O2/c11-9-4-3-7(6-14)10(12)8(9)2-1-5-13/h1-4,6,13H,5H2/b2-1+. The van der Waals surface area contributed by atoms with Crippen molar-refractivity contribution in [2.45, 2.75) is 0 Å². The lowest BCUT2D eigenvalue weighted by Gasteiger charge is -2.03. The molecule has 0 saturated heterocycles. The first-order valence-electron chi connectivity index (χ1n) is 3.91. The van der Waals surface area contributed by atoms with E-state index in [1.807, 2.05) is 0 Å². The van der Waals surface area contributed by atoms with Crippen LogP contribution in [0.15, 0.2) is 18.2 Å². The van der Waals surface area contributed by atoms with Crippen LogP contribution in [0.4, 0.5) is 0 Å². The first kappa shape index (κ1) is 11.2. The molecule has 0 aliphatic carbocycles. The normalized spacial score (nSPS) is 10.8. The molecular formula is C10H8Cl2O2. The molecule has 0 aliphatic heterocycles. The summed E-state index contributed by atoms with van der Waals surface area (Å²) in [7, 11) is 0. The summed E-state index contributed by atoms with van der Waals surface area (Å²) >= 11 is 11.8. The number of aldehydes is 1. The van der Waals surface area contributed by atoms with Gasteiger partial charge in [-0.2, -0.15) is 0 Å². The Bertz CT molecular complexity index is 373. The van der Waals surface area contributed by atoms with Gasteiger partial charge in [0, 0.05) is 16.1 Å². The van der Waals surface area contributed by atoms with Gasteiger partial charge in [-0.3, -0.25) is 4.79 Å². The Morgan fingerprint density at radius 1 is 1.36 bits per heavy atom. The van der Waals surface area contributed by atoms with Crippen LogP contribution in [0, 0.1) is 0 Å². The van der Waals surface area contributed by atoms with E-state index in [0.29, 0.717) is 27.5 Å². The average Bonchev–Trinajstić information content (AvgIpc) is 2.18. The van der Waals surface area contributed by atoms with Gasteiger partial charge in [-0.1, -0.05) is 35.4 Å². The number of benzene rings is 1. The number of carbonyl (C=O) groups is 1. The second-order valence-corrected chi connectivity index (χ2v) is 3.35. The molecule has 2 nitrogen and oxygen atoms in total. The van der Waals surface area contributed by atoms with Crippen molar-refractivity contribution in [2.75, 3.05) is 6.61 Å². The molecular weight excluding hydrogens is 223 g/mol. The second-order valence-electron chi connectivity index (χ2n) is 2.57. The first-order valence-corrected chi connectivity index (χ1v) is 4.67. The van der Waals surface area contributed by atoms with Gasteiger partial charge in [0.1, 0.15) is 0 Å². The van der Waals surface area contributed by atoms with Crippen molar-refractivity contribution in [2.24, 2.45) is 0 Å². The minimum absolute atomic E-state index is 0.0992. The summed E-state index contributed by atoms with van der Waals surface area (Å²) in [6.07, 6.45) is 3.74. The van der Waals surface area contributed by atoms with E-state index in [-0.39, 0.29) is 6.61 Å². The third-order valence-corrected chi connectivity index (χ3v) is 2.42. The summed E-state index contributed by atoms with van der Waals surface area (Å²) in [5, 5.41) is 9.35. The highest BCUT2D eigenvalue weighted by atomic mass is 35.5. The van der Waals surface area contributed by atoms with Crippen molar-refractivity contribution in [3.63, 3.8) is 0 Å². The topological polar surface area (TPSA) is 37.3 Å². The second kappa shape index (κ2) is 5.15. The molecule has 1 aromatic carbocycles. The SMILES string of the molecule is O=Cc1ccc(Cl)c(/C=C/CO)c1Cl. The molecule has 0 aliphatic rings. The largest absolute Gasteiger partial charge is 0.392 e. The van der Waals surface area contributed by atoms with Crippen LogP contribution in [0.1, 0.15) is 15.9 Å². The van der Waals surface area contributed by atoms with Crippen molar-refractivity contribution in [1.29, 1.82) is 0 Å². The Kier molecular flexibility index (Phi) is 4.14. The highest BCUT2D eigenvalue weighted by molar-refractivity contribution is 6.38. The Labute approximate surface area is 91.8 Å². The van der Waals surface area contributed by atoms with Gasteiger partial charge >= 0.3 is 0 Å². The Morgan fingerprint density at radius 2 is 2.07 bits per heavy atom. The predicted octanol–water partition coefficient (Wildman–Crippen LogP) is 2.81. The molecule has 1 N–H and O–H groups in total. The number of aliphatic hydroxyl groups is 1. The lowest BCUT2D eigenvalue weighted by Crippen LogP contribution is -1.87. The van der Waals surface area contributed by atoms with E-state index in [4.69, 9.17) is 28.3 Å². The van der Waals surface area contributed by atoms with Gasteiger partial charge in [-0.15, -0.1) is 0 Å². The summed E-state index contributed by atoms with van der Waals surface area (Å²) < 4.78 is 0. The van der Waals surface area contributed by atoms with E-state index in [9.17, 15) is 4.79 Å². The maximum Gasteiger partial charge on any atom is 0.151 e. The van der Waals surface area contributed by atoms with Gasteiger partial charge in [0.2, 0.25) is 0 Å². The molecule has 0 heterocycles. The van der Waals surface area contributed by atoms with Gasteiger partial charge in [-0.25, -0.2) is 0 Å². The fourth-order valence-electron chi connectivity index (χ4n) is 1.00. The van der Waals surface area contributed by atoms with Crippen LogP contribution in [-0.2, 0) is 0 Å². The van der Waals surface area contributed by atoms with E-state index in [2.05, 4.69) is 0 Å². The summed E-state index contributed by atoms with van der Waals surface area (Å²) in [6, 6.07) is 3.14. The summed E-state index contributed by atoms with van der Waals surface area (Å²) in [5.74, 6) is 0. The number of rotatable bonds is 3. The molecule has 0 radical (unpaired) electrons. The number of aliphatic hydroxyl groups excluding tert-OH is 1. The first-order chi connectivity index (χ1) is 6.70. The molecule has 0 saturated carbocycles. The molecule has 0 unspecified atom stereocenters. The predicted molar refractivity (Wildman–Crippen MR) is 58.0 cm³/mol. The van der Waals surface area contributed by atoms with Crippen LogP contribution >= 0.6 is 23.2 Å². The van der Waals surface area contributed by atoms with Gasteiger partial charge in [-0.05, 0) is 12.1 Å². The molecule has 0 atom stereocenters. The van der Waals surface area contributed by atoms with Crippen LogP contribution in [0.5, 0.6) is 0 Å². The zero-order valence-electron chi connectivity index (χ0n) is 7.21. The van der Waals surface area contributed by atoms with Crippen molar-refractivity contribution in [1.82, 2.24) is 0 Å². The van der Waals surface area contributed by atoms with Crippen LogP contribution in [0.25, 0.3) is 6.08 Å². The van der Waals surface area contributed by atoms with E-state index in [0.717, 1.165) is 0 Å².